The van der Waals surface area contributed by atoms with Crippen LogP contribution in [-0.4, -0.2) is 30.9 Å². The van der Waals surface area contributed by atoms with Crippen LogP contribution in [0, 0.1) is 6.92 Å². The molecule has 0 aliphatic carbocycles. The van der Waals surface area contributed by atoms with Crippen molar-refractivity contribution in [2.75, 3.05) is 12.4 Å². The fourth-order valence-corrected chi connectivity index (χ4v) is 4.05. The molecule has 0 aliphatic heterocycles. The summed E-state index contributed by atoms with van der Waals surface area (Å²) in [6, 6.07) is 19.1. The van der Waals surface area contributed by atoms with E-state index < -0.39 is 9.84 Å². The molecule has 0 bridgehead atoms. The summed E-state index contributed by atoms with van der Waals surface area (Å²) in [6.07, 6.45) is 3.59. The number of aryl methyl sites for hydroxylation is 3. The molecule has 1 aromatic heterocycles. The lowest BCUT2D eigenvalue weighted by atomic mass is 9.96. The Bertz CT molecular complexity index is 997. The third kappa shape index (κ3) is 4.81. The van der Waals surface area contributed by atoms with Crippen molar-refractivity contribution in [1.29, 1.82) is 0 Å². The van der Waals surface area contributed by atoms with Crippen LogP contribution in [-0.2, 0) is 22.7 Å². The van der Waals surface area contributed by atoms with Gasteiger partial charge in [-0.15, -0.1) is 0 Å². The van der Waals surface area contributed by atoms with Gasteiger partial charge in [0.05, 0.1) is 17.3 Å². The van der Waals surface area contributed by atoms with Gasteiger partial charge in [0, 0.05) is 11.9 Å². The van der Waals surface area contributed by atoms with Crippen molar-refractivity contribution in [2.24, 2.45) is 0 Å². The Balaban J connectivity index is 1.81. The van der Waals surface area contributed by atoms with Crippen molar-refractivity contribution >= 4 is 9.84 Å². The highest BCUT2D eigenvalue weighted by Crippen LogP contribution is 2.25. The molecule has 1 N–H and O–H groups in total. The fraction of sp³-hybridized carbons (Fsp3) is 0.227. The van der Waals surface area contributed by atoms with Gasteiger partial charge in [0.2, 0.25) is 0 Å². The van der Waals surface area contributed by atoms with Crippen LogP contribution in [0.25, 0.3) is 11.1 Å². The standard InChI is InChI=1S/C22H23NO3S/c1-17-5-6-20(16-19(17)7-10-21-4-2-3-13-23-21)18-8-11-22(12-9-18)27(25,26)15-14-24/h2-6,8-9,11-13,16,24H,7,10,14-15H2,1H3. The Kier molecular flexibility index (Phi) is 6.04. The maximum Gasteiger partial charge on any atom is 0.180 e. The third-order valence-corrected chi connectivity index (χ3v) is 6.34. The normalized spacial score (nSPS) is 11.5. The number of aliphatic hydroxyl groups excluding tert-OH is 1. The Hall–Kier alpha value is -2.50. The van der Waals surface area contributed by atoms with Gasteiger partial charge in [-0.2, -0.15) is 0 Å². The summed E-state index contributed by atoms with van der Waals surface area (Å²) in [5, 5.41) is 8.90. The Morgan fingerprint density at radius 2 is 1.67 bits per heavy atom. The minimum absolute atomic E-state index is 0.239. The molecule has 2 aromatic carbocycles. The molecule has 0 saturated carbocycles. The van der Waals surface area contributed by atoms with Crippen LogP contribution in [0.1, 0.15) is 16.8 Å². The zero-order valence-electron chi connectivity index (χ0n) is 15.3. The van der Waals surface area contributed by atoms with Gasteiger partial charge in [0.1, 0.15) is 0 Å². The summed E-state index contributed by atoms with van der Waals surface area (Å²) in [4.78, 5) is 4.62. The molecule has 3 rings (SSSR count). The number of nitrogens with zero attached hydrogens (tertiary/aromatic N) is 1. The second-order valence-corrected chi connectivity index (χ2v) is 8.64. The average molecular weight is 381 g/mol. The second kappa shape index (κ2) is 8.46. The molecule has 0 aliphatic rings. The first kappa shape index (κ1) is 19.3. The van der Waals surface area contributed by atoms with E-state index in [1.807, 2.05) is 36.5 Å². The highest BCUT2D eigenvalue weighted by Gasteiger charge is 2.13. The molecular formula is C22H23NO3S. The minimum atomic E-state index is -3.42. The number of hydrogen-bond acceptors (Lipinski definition) is 4. The molecule has 0 spiro atoms. The summed E-state index contributed by atoms with van der Waals surface area (Å²) in [5.41, 5.74) is 5.59. The van der Waals surface area contributed by atoms with Crippen LogP contribution in [0.4, 0.5) is 0 Å². The van der Waals surface area contributed by atoms with E-state index >= 15 is 0 Å². The maximum atomic E-state index is 12.0. The second-order valence-electron chi connectivity index (χ2n) is 6.53. The Morgan fingerprint density at radius 1 is 0.926 bits per heavy atom. The number of pyridine rings is 1. The van der Waals surface area contributed by atoms with Gasteiger partial charge in [-0.1, -0.05) is 36.4 Å². The number of aliphatic hydroxyl groups is 1. The van der Waals surface area contributed by atoms with E-state index in [1.165, 1.54) is 11.1 Å². The van der Waals surface area contributed by atoms with E-state index in [4.69, 9.17) is 5.11 Å². The molecular weight excluding hydrogens is 358 g/mol. The molecule has 3 aromatic rings. The summed E-state index contributed by atoms with van der Waals surface area (Å²) in [7, 11) is -3.42. The predicted octanol–water partition coefficient (Wildman–Crippen LogP) is 3.61. The first-order chi connectivity index (χ1) is 13.0. The molecule has 0 amide bonds. The van der Waals surface area contributed by atoms with Crippen molar-refractivity contribution in [3.05, 3.63) is 83.7 Å². The predicted molar refractivity (Wildman–Crippen MR) is 107 cm³/mol. The van der Waals surface area contributed by atoms with Gasteiger partial charge in [-0.05, 0) is 66.3 Å². The van der Waals surface area contributed by atoms with Gasteiger partial charge >= 0.3 is 0 Å². The lowest BCUT2D eigenvalue weighted by Gasteiger charge is -2.10. The number of sulfone groups is 1. The first-order valence-corrected chi connectivity index (χ1v) is 10.6. The molecule has 27 heavy (non-hydrogen) atoms. The lowest BCUT2D eigenvalue weighted by Crippen LogP contribution is -2.09. The van der Waals surface area contributed by atoms with Crippen LogP contribution in [0.5, 0.6) is 0 Å². The highest BCUT2D eigenvalue weighted by molar-refractivity contribution is 7.91. The smallest absolute Gasteiger partial charge is 0.180 e. The fourth-order valence-electron chi connectivity index (χ4n) is 3.02. The van der Waals surface area contributed by atoms with Crippen LogP contribution < -0.4 is 0 Å². The zero-order chi connectivity index (χ0) is 19.3. The average Bonchev–Trinajstić information content (AvgIpc) is 2.68. The topological polar surface area (TPSA) is 67.3 Å². The van der Waals surface area contributed by atoms with Crippen LogP contribution in [0.15, 0.2) is 71.8 Å². The lowest BCUT2D eigenvalue weighted by molar-refractivity contribution is 0.319. The number of benzene rings is 2. The van der Waals surface area contributed by atoms with E-state index in [-0.39, 0.29) is 17.3 Å². The molecule has 0 saturated heterocycles. The van der Waals surface area contributed by atoms with Crippen molar-refractivity contribution < 1.29 is 13.5 Å². The van der Waals surface area contributed by atoms with Gasteiger partial charge < -0.3 is 5.11 Å². The number of hydrogen-bond donors (Lipinski definition) is 1. The van der Waals surface area contributed by atoms with E-state index in [9.17, 15) is 8.42 Å². The first-order valence-electron chi connectivity index (χ1n) is 8.93. The summed E-state index contributed by atoms with van der Waals surface area (Å²) in [5.74, 6) is -0.255. The summed E-state index contributed by atoms with van der Waals surface area (Å²) >= 11 is 0. The van der Waals surface area contributed by atoms with E-state index in [1.54, 1.807) is 12.1 Å². The van der Waals surface area contributed by atoms with Crippen molar-refractivity contribution in [3.8, 4) is 11.1 Å². The Morgan fingerprint density at radius 3 is 2.33 bits per heavy atom. The van der Waals surface area contributed by atoms with Crippen LogP contribution in [0.3, 0.4) is 0 Å². The number of rotatable bonds is 7. The molecule has 4 nitrogen and oxygen atoms in total. The van der Waals surface area contributed by atoms with Crippen LogP contribution in [0.2, 0.25) is 0 Å². The van der Waals surface area contributed by atoms with Gasteiger partial charge in [-0.25, -0.2) is 8.42 Å². The number of aromatic nitrogens is 1. The highest BCUT2D eigenvalue weighted by atomic mass is 32.2. The maximum absolute atomic E-state index is 12.0. The van der Waals surface area contributed by atoms with E-state index in [0.29, 0.717) is 0 Å². The molecule has 0 radical (unpaired) electrons. The zero-order valence-corrected chi connectivity index (χ0v) is 16.1. The molecule has 140 valence electrons. The monoisotopic (exact) mass is 381 g/mol. The summed E-state index contributed by atoms with van der Waals surface area (Å²) in [6.45, 7) is 1.73. The molecule has 0 unspecified atom stereocenters. The van der Waals surface area contributed by atoms with Gasteiger partial charge in [0.25, 0.3) is 0 Å². The van der Waals surface area contributed by atoms with Crippen molar-refractivity contribution in [2.45, 2.75) is 24.7 Å². The minimum Gasteiger partial charge on any atom is -0.395 e. The molecule has 0 fully saturated rings. The van der Waals surface area contributed by atoms with E-state index in [0.717, 1.165) is 29.7 Å². The van der Waals surface area contributed by atoms with Crippen LogP contribution >= 0.6 is 0 Å². The van der Waals surface area contributed by atoms with Gasteiger partial charge in [0.15, 0.2) is 9.84 Å². The molecule has 0 atom stereocenters. The summed E-state index contributed by atoms with van der Waals surface area (Å²) < 4.78 is 24.1. The molecule has 5 heteroatoms. The van der Waals surface area contributed by atoms with Crippen molar-refractivity contribution in [1.82, 2.24) is 4.98 Å². The van der Waals surface area contributed by atoms with Gasteiger partial charge in [-0.3, -0.25) is 4.98 Å². The SMILES string of the molecule is Cc1ccc(-c2ccc(S(=O)(=O)CCO)cc2)cc1CCc1ccccn1. The molecule has 1 heterocycles. The largest absolute Gasteiger partial charge is 0.395 e. The van der Waals surface area contributed by atoms with E-state index in [2.05, 4.69) is 30.1 Å². The quantitative estimate of drug-likeness (QED) is 0.679. The van der Waals surface area contributed by atoms with Crippen molar-refractivity contribution in [3.63, 3.8) is 0 Å². The Labute approximate surface area is 160 Å². The third-order valence-electron chi connectivity index (χ3n) is 4.63.